The van der Waals surface area contributed by atoms with Gasteiger partial charge in [0.1, 0.15) is 4.33 Å². The molecule has 0 atom stereocenters. The molecule has 5 heteroatoms. The van der Waals surface area contributed by atoms with E-state index in [1.54, 1.807) is 6.92 Å². The van der Waals surface area contributed by atoms with Gasteiger partial charge in [-0.05, 0) is 13.0 Å². The highest BCUT2D eigenvalue weighted by Gasteiger charge is 2.14. The molecule has 0 aromatic heterocycles. The Hall–Kier alpha value is 0.930. The third-order valence-corrected chi connectivity index (χ3v) is 1.97. The third-order valence-electron chi connectivity index (χ3n) is 0.704. The summed E-state index contributed by atoms with van der Waals surface area (Å²) in [7, 11) is 0. The van der Waals surface area contributed by atoms with E-state index in [9.17, 15) is 0 Å². The molecule has 0 unspecified atom stereocenters. The summed E-state index contributed by atoms with van der Waals surface area (Å²) in [6.07, 6.45) is 1.39. The van der Waals surface area contributed by atoms with Gasteiger partial charge in [-0.3, -0.25) is 0 Å². The van der Waals surface area contributed by atoms with Crippen LogP contribution in [0.1, 0.15) is 6.92 Å². The molecule has 0 rings (SSSR count). The molecule has 0 aliphatic rings. The summed E-state index contributed by atoms with van der Waals surface area (Å²) < 4.78 is -1.03. The summed E-state index contributed by atoms with van der Waals surface area (Å²) in [4.78, 5) is 0. The molecule has 11 heavy (non-hydrogen) atoms. The lowest BCUT2D eigenvalue weighted by Crippen LogP contribution is -2.00. The molecule has 0 N–H and O–H groups in total. The van der Waals surface area contributed by atoms with Gasteiger partial charge in [0.2, 0.25) is 0 Å². The van der Waals surface area contributed by atoms with Gasteiger partial charge in [-0.1, -0.05) is 58.0 Å². The Morgan fingerprint density at radius 1 is 1.18 bits per heavy atom. The number of hydrogen-bond donors (Lipinski definition) is 0. The predicted octanol–water partition coefficient (Wildman–Crippen LogP) is 4.62. The van der Waals surface area contributed by atoms with Gasteiger partial charge in [0.05, 0.1) is 10.1 Å². The number of rotatable bonds is 2. The van der Waals surface area contributed by atoms with Gasteiger partial charge < -0.3 is 0 Å². The lowest BCUT2D eigenvalue weighted by Gasteiger charge is -2.06. The van der Waals surface area contributed by atoms with Gasteiger partial charge in [0.25, 0.3) is 0 Å². The monoisotopic (exact) mass is 252 g/mol. The minimum atomic E-state index is -1.03. The Morgan fingerprint density at radius 3 is 1.91 bits per heavy atom. The van der Waals surface area contributed by atoms with Crippen LogP contribution < -0.4 is 0 Å². The molecule has 0 bridgehead atoms. The first-order valence-electron chi connectivity index (χ1n) is 2.59. The van der Waals surface area contributed by atoms with E-state index >= 15 is 0 Å². The molecular formula is C6H5Cl5. The predicted molar refractivity (Wildman–Crippen MR) is 53.8 cm³/mol. The normalized spacial score (nSPS) is 15.5. The van der Waals surface area contributed by atoms with Gasteiger partial charge in [0, 0.05) is 5.54 Å². The van der Waals surface area contributed by atoms with Crippen LogP contribution >= 0.6 is 58.0 Å². The van der Waals surface area contributed by atoms with Crippen LogP contribution in [0.25, 0.3) is 0 Å². The lowest BCUT2D eigenvalue weighted by atomic mass is 10.4. The Balaban J connectivity index is 4.48. The van der Waals surface area contributed by atoms with Crippen LogP contribution in [0.15, 0.2) is 21.7 Å². The standard InChI is InChI=1S/C6H5Cl5/c1-6(10,11)2-4(8)5(9)3-7/h2-3H,1H3. The lowest BCUT2D eigenvalue weighted by molar-refractivity contribution is 1.11. The minimum Gasteiger partial charge on any atom is -0.0972 e. The van der Waals surface area contributed by atoms with Crippen molar-refractivity contribution in [2.75, 3.05) is 0 Å². The van der Waals surface area contributed by atoms with Crippen LogP contribution in [0.2, 0.25) is 0 Å². The summed E-state index contributed by atoms with van der Waals surface area (Å²) in [6, 6.07) is 0. The number of alkyl halides is 2. The highest BCUT2D eigenvalue weighted by atomic mass is 35.5. The second kappa shape index (κ2) is 4.84. The van der Waals surface area contributed by atoms with Crippen LogP contribution in [0, 0.1) is 0 Å². The van der Waals surface area contributed by atoms with Crippen LogP contribution in [0.5, 0.6) is 0 Å². The number of allylic oxidation sites excluding steroid dienone is 3. The topological polar surface area (TPSA) is 0 Å². The van der Waals surface area contributed by atoms with Crippen LogP contribution in [-0.4, -0.2) is 4.33 Å². The summed E-state index contributed by atoms with van der Waals surface area (Å²) >= 11 is 27.6. The summed E-state index contributed by atoms with van der Waals surface area (Å²) in [6.45, 7) is 1.57. The molecule has 0 radical (unpaired) electrons. The fourth-order valence-electron chi connectivity index (χ4n) is 0.344. The van der Waals surface area contributed by atoms with E-state index in [0.717, 1.165) is 5.54 Å². The molecule has 0 aromatic rings. The van der Waals surface area contributed by atoms with Gasteiger partial charge in [-0.15, -0.1) is 0 Å². The van der Waals surface area contributed by atoms with E-state index in [4.69, 9.17) is 58.0 Å². The van der Waals surface area contributed by atoms with Crippen molar-refractivity contribution in [3.05, 3.63) is 21.7 Å². The zero-order valence-corrected chi connectivity index (χ0v) is 9.32. The van der Waals surface area contributed by atoms with Crippen molar-refractivity contribution >= 4 is 58.0 Å². The fraction of sp³-hybridized carbons (Fsp3) is 0.333. The van der Waals surface area contributed by atoms with Crippen LogP contribution in [0.4, 0.5) is 0 Å². The van der Waals surface area contributed by atoms with Crippen molar-refractivity contribution in [3.63, 3.8) is 0 Å². The first-order valence-corrected chi connectivity index (χ1v) is 4.54. The van der Waals surface area contributed by atoms with E-state index in [1.165, 1.54) is 6.08 Å². The summed E-state index contributed by atoms with van der Waals surface area (Å²) in [5, 5.41) is 0.440. The van der Waals surface area contributed by atoms with Crippen molar-refractivity contribution in [1.82, 2.24) is 0 Å². The van der Waals surface area contributed by atoms with Gasteiger partial charge in [-0.2, -0.15) is 0 Å². The van der Waals surface area contributed by atoms with Gasteiger partial charge in [0.15, 0.2) is 0 Å². The Kier molecular flexibility index (Phi) is 5.24. The molecule has 0 amide bonds. The van der Waals surface area contributed by atoms with Gasteiger partial charge in [-0.25, -0.2) is 0 Å². The van der Waals surface area contributed by atoms with Crippen molar-refractivity contribution < 1.29 is 0 Å². The largest absolute Gasteiger partial charge is 0.135 e. The molecule has 0 aliphatic heterocycles. The molecule has 0 fully saturated rings. The maximum Gasteiger partial charge on any atom is 0.135 e. The SMILES string of the molecule is CC(Cl)(Cl)C=C(Cl)C(Cl)=CCl. The van der Waals surface area contributed by atoms with E-state index in [2.05, 4.69) is 0 Å². The average Bonchev–Trinajstić information content (AvgIpc) is 1.82. The van der Waals surface area contributed by atoms with Crippen molar-refractivity contribution in [2.24, 2.45) is 0 Å². The minimum absolute atomic E-state index is 0.209. The first-order chi connectivity index (χ1) is 4.87. The Labute approximate surface area is 90.7 Å². The van der Waals surface area contributed by atoms with E-state index in [1.807, 2.05) is 0 Å². The quantitative estimate of drug-likeness (QED) is 0.498. The fourth-order valence-corrected chi connectivity index (χ4v) is 1.17. The van der Waals surface area contributed by atoms with Crippen LogP contribution in [-0.2, 0) is 0 Å². The molecule has 0 saturated heterocycles. The Bertz CT molecular complexity index is 186. The Morgan fingerprint density at radius 2 is 1.64 bits per heavy atom. The molecule has 0 heterocycles. The zero-order chi connectivity index (χ0) is 9.07. The highest BCUT2D eigenvalue weighted by Crippen LogP contribution is 2.28. The number of halogens is 5. The zero-order valence-electron chi connectivity index (χ0n) is 5.54. The summed E-state index contributed by atoms with van der Waals surface area (Å²) in [5.41, 5.74) is 1.14. The highest BCUT2D eigenvalue weighted by molar-refractivity contribution is 6.51. The summed E-state index contributed by atoms with van der Waals surface area (Å²) in [5.74, 6) is 0. The smallest absolute Gasteiger partial charge is 0.0972 e. The second-order valence-corrected chi connectivity index (χ2v) is 4.70. The molecule has 0 saturated carbocycles. The number of hydrogen-bond acceptors (Lipinski definition) is 0. The molecule has 0 aliphatic carbocycles. The molecule has 0 aromatic carbocycles. The van der Waals surface area contributed by atoms with Crippen molar-refractivity contribution in [3.8, 4) is 0 Å². The second-order valence-electron chi connectivity index (χ2n) is 1.91. The third kappa shape index (κ3) is 6.12. The average molecular weight is 254 g/mol. The van der Waals surface area contributed by atoms with Crippen molar-refractivity contribution in [1.29, 1.82) is 0 Å². The molecule has 0 nitrogen and oxygen atoms in total. The maximum absolute atomic E-state index is 5.62. The first kappa shape index (κ1) is 11.9. The molecule has 0 spiro atoms. The van der Waals surface area contributed by atoms with Gasteiger partial charge >= 0.3 is 0 Å². The van der Waals surface area contributed by atoms with Crippen molar-refractivity contribution in [2.45, 2.75) is 11.3 Å². The van der Waals surface area contributed by atoms with E-state index in [0.29, 0.717) is 0 Å². The molecular weight excluding hydrogens is 249 g/mol. The van der Waals surface area contributed by atoms with Crippen LogP contribution in [0.3, 0.4) is 0 Å². The van der Waals surface area contributed by atoms with E-state index < -0.39 is 4.33 Å². The van der Waals surface area contributed by atoms with E-state index in [-0.39, 0.29) is 10.1 Å². The maximum atomic E-state index is 5.62. The molecule has 64 valence electrons.